The molecule has 2 N–H and O–H groups in total. The van der Waals surface area contributed by atoms with E-state index < -0.39 is 0 Å². The summed E-state index contributed by atoms with van der Waals surface area (Å²) in [7, 11) is 0. The van der Waals surface area contributed by atoms with Crippen molar-refractivity contribution in [2.45, 2.75) is 45.6 Å². The third-order valence-electron chi connectivity index (χ3n) is 4.96. The van der Waals surface area contributed by atoms with Crippen LogP contribution in [0.4, 0.5) is 0 Å². The molecule has 0 unspecified atom stereocenters. The number of nitrogens with zero attached hydrogens (tertiary/aromatic N) is 3. The highest BCUT2D eigenvalue weighted by Gasteiger charge is 2.19. The Bertz CT molecular complexity index is 764. The van der Waals surface area contributed by atoms with Crippen LogP contribution >= 0.6 is 24.0 Å². The minimum atomic E-state index is -0.0587. The predicted octanol–water partition coefficient (Wildman–Crippen LogP) is 3.18. The highest BCUT2D eigenvalue weighted by Crippen LogP contribution is 2.22. The maximum Gasteiger partial charge on any atom is 0.216 e. The van der Waals surface area contributed by atoms with Crippen molar-refractivity contribution >= 4 is 29.9 Å². The Morgan fingerprint density at radius 2 is 1.97 bits per heavy atom. The number of furan rings is 1. The molecule has 2 aromatic rings. The van der Waals surface area contributed by atoms with Crippen LogP contribution < -0.4 is 10.6 Å². The molecule has 1 aliphatic heterocycles. The molecular weight excluding hydrogens is 509 g/mol. The van der Waals surface area contributed by atoms with E-state index in [1.165, 1.54) is 0 Å². The second-order valence-corrected chi connectivity index (χ2v) is 8.52. The Labute approximate surface area is 202 Å². The Hall–Kier alpha value is -1.59. The third kappa shape index (κ3) is 9.20. The molecule has 0 amide bonds. The van der Waals surface area contributed by atoms with Gasteiger partial charge in [-0.1, -0.05) is 20.8 Å². The van der Waals surface area contributed by atoms with Gasteiger partial charge in [-0.2, -0.15) is 0 Å². The monoisotopic (exact) mass is 545 g/mol. The molecule has 174 valence electrons. The molecule has 31 heavy (non-hydrogen) atoms. The Kier molecular flexibility index (Phi) is 10.8. The van der Waals surface area contributed by atoms with E-state index in [-0.39, 0.29) is 29.4 Å². The van der Waals surface area contributed by atoms with E-state index in [9.17, 15) is 0 Å². The number of nitrogens with one attached hydrogen (secondary N) is 2. The van der Waals surface area contributed by atoms with E-state index in [1.54, 1.807) is 12.5 Å². The Balaban J connectivity index is 0.00000341. The molecule has 2 aromatic heterocycles. The smallest absolute Gasteiger partial charge is 0.216 e. The molecule has 9 heteroatoms. The zero-order valence-corrected chi connectivity index (χ0v) is 21.2. The van der Waals surface area contributed by atoms with Gasteiger partial charge in [-0.05, 0) is 25.1 Å². The molecule has 1 saturated heterocycles. The van der Waals surface area contributed by atoms with E-state index in [2.05, 4.69) is 46.3 Å². The summed E-state index contributed by atoms with van der Waals surface area (Å²) in [6.45, 7) is 13.1. The summed E-state index contributed by atoms with van der Waals surface area (Å²) in [5.74, 6) is 3.22. The van der Waals surface area contributed by atoms with Crippen LogP contribution in [-0.2, 0) is 23.1 Å². The molecule has 3 rings (SSSR count). The number of halogens is 1. The molecule has 0 atom stereocenters. The fraction of sp³-hybridized carbons (Fsp3) is 0.636. The van der Waals surface area contributed by atoms with E-state index in [0.29, 0.717) is 12.4 Å². The van der Waals surface area contributed by atoms with Crippen molar-refractivity contribution in [2.24, 2.45) is 4.99 Å². The molecule has 1 fully saturated rings. The van der Waals surface area contributed by atoms with E-state index in [0.717, 1.165) is 76.3 Å². The molecular formula is C22H36IN5O3. The van der Waals surface area contributed by atoms with Crippen molar-refractivity contribution in [1.29, 1.82) is 0 Å². The van der Waals surface area contributed by atoms with Crippen LogP contribution in [0.1, 0.15) is 44.6 Å². The average molecular weight is 545 g/mol. The average Bonchev–Trinajstić information content (AvgIpc) is 3.41. The van der Waals surface area contributed by atoms with Crippen LogP contribution in [0.2, 0.25) is 0 Å². The largest absolute Gasteiger partial charge is 0.469 e. The SMILES string of the molecule is CC(C)(C)c1cnc(CN=C(NCCCN2CCOCC2)NCCc2ccco2)o1.I. The van der Waals surface area contributed by atoms with E-state index in [4.69, 9.17) is 13.6 Å². The lowest BCUT2D eigenvalue weighted by Gasteiger charge is -2.26. The molecule has 0 spiro atoms. The summed E-state index contributed by atoms with van der Waals surface area (Å²) in [5, 5.41) is 6.81. The maximum absolute atomic E-state index is 5.86. The minimum Gasteiger partial charge on any atom is -0.469 e. The van der Waals surface area contributed by atoms with Crippen LogP contribution in [0.25, 0.3) is 0 Å². The van der Waals surface area contributed by atoms with Crippen LogP contribution in [0.5, 0.6) is 0 Å². The molecule has 8 nitrogen and oxygen atoms in total. The number of guanidine groups is 1. The van der Waals surface area contributed by atoms with Crippen LogP contribution in [0.3, 0.4) is 0 Å². The topological polar surface area (TPSA) is 88.1 Å². The summed E-state index contributed by atoms with van der Waals surface area (Å²) in [4.78, 5) is 11.5. The number of rotatable bonds is 9. The van der Waals surface area contributed by atoms with E-state index >= 15 is 0 Å². The van der Waals surface area contributed by atoms with E-state index in [1.807, 2.05) is 12.1 Å². The standard InChI is InChI=1S/C22H35N5O3.HI/c1-22(2,3)19-16-25-20(30-19)17-26-21(24-9-7-18-6-4-13-29-18)23-8-5-10-27-11-14-28-15-12-27;/h4,6,13,16H,5,7-12,14-15,17H2,1-3H3,(H2,23,24,26);1H. The molecule has 0 radical (unpaired) electrons. The fourth-order valence-electron chi connectivity index (χ4n) is 3.14. The van der Waals surface area contributed by atoms with Crippen molar-refractivity contribution in [2.75, 3.05) is 45.9 Å². The second-order valence-electron chi connectivity index (χ2n) is 8.52. The van der Waals surface area contributed by atoms with Crippen LogP contribution in [0.15, 0.2) is 38.4 Å². The van der Waals surface area contributed by atoms with Gasteiger partial charge in [0.25, 0.3) is 0 Å². The van der Waals surface area contributed by atoms with Crippen molar-refractivity contribution < 1.29 is 13.6 Å². The first-order chi connectivity index (χ1) is 14.5. The number of aliphatic imine (C=N–C) groups is 1. The van der Waals surface area contributed by atoms with Gasteiger partial charge in [-0.15, -0.1) is 24.0 Å². The van der Waals surface area contributed by atoms with Gasteiger partial charge >= 0.3 is 0 Å². The Morgan fingerprint density at radius 3 is 2.65 bits per heavy atom. The van der Waals surface area contributed by atoms with Gasteiger partial charge in [0.1, 0.15) is 18.1 Å². The van der Waals surface area contributed by atoms with Crippen molar-refractivity contribution in [1.82, 2.24) is 20.5 Å². The van der Waals surface area contributed by atoms with Crippen molar-refractivity contribution in [3.8, 4) is 0 Å². The van der Waals surface area contributed by atoms with Gasteiger partial charge in [-0.3, -0.25) is 4.90 Å². The highest BCUT2D eigenvalue weighted by atomic mass is 127. The lowest BCUT2D eigenvalue weighted by atomic mass is 9.94. The van der Waals surface area contributed by atoms with Gasteiger partial charge < -0.3 is 24.2 Å². The maximum atomic E-state index is 5.86. The summed E-state index contributed by atoms with van der Waals surface area (Å²) >= 11 is 0. The Morgan fingerprint density at radius 1 is 1.19 bits per heavy atom. The molecule has 0 aliphatic carbocycles. The molecule has 3 heterocycles. The zero-order chi connectivity index (χ0) is 21.2. The normalized spacial score (nSPS) is 15.5. The first kappa shape index (κ1) is 25.7. The minimum absolute atomic E-state index is 0. The van der Waals surface area contributed by atoms with Gasteiger partial charge in [-0.25, -0.2) is 9.98 Å². The van der Waals surface area contributed by atoms with Gasteiger partial charge in [0.05, 0.1) is 25.7 Å². The van der Waals surface area contributed by atoms with Crippen LogP contribution in [0, 0.1) is 0 Å². The summed E-state index contributed by atoms with van der Waals surface area (Å²) in [5.41, 5.74) is -0.0587. The summed E-state index contributed by atoms with van der Waals surface area (Å²) in [6.07, 6.45) is 5.34. The molecule has 1 aliphatic rings. The van der Waals surface area contributed by atoms with Crippen molar-refractivity contribution in [3.63, 3.8) is 0 Å². The molecule has 0 aromatic carbocycles. The first-order valence-electron chi connectivity index (χ1n) is 10.8. The second kappa shape index (κ2) is 13.1. The molecule has 0 bridgehead atoms. The quantitative estimate of drug-likeness (QED) is 0.217. The number of oxazole rings is 1. The number of aromatic nitrogens is 1. The number of ether oxygens (including phenoxy) is 1. The van der Waals surface area contributed by atoms with Crippen molar-refractivity contribution in [3.05, 3.63) is 42.0 Å². The number of hydrogen-bond donors (Lipinski definition) is 2. The number of morpholine rings is 1. The first-order valence-corrected chi connectivity index (χ1v) is 10.8. The third-order valence-corrected chi connectivity index (χ3v) is 4.96. The fourth-order valence-corrected chi connectivity index (χ4v) is 3.14. The lowest BCUT2D eigenvalue weighted by molar-refractivity contribution is 0.0376. The zero-order valence-electron chi connectivity index (χ0n) is 18.9. The highest BCUT2D eigenvalue weighted by molar-refractivity contribution is 14.0. The summed E-state index contributed by atoms with van der Waals surface area (Å²) < 4.78 is 16.7. The summed E-state index contributed by atoms with van der Waals surface area (Å²) in [6, 6.07) is 3.89. The predicted molar refractivity (Wildman–Crippen MR) is 132 cm³/mol. The lowest BCUT2D eigenvalue weighted by Crippen LogP contribution is -2.41. The van der Waals surface area contributed by atoms with Gasteiger partial charge in [0.15, 0.2) is 5.96 Å². The molecule has 0 saturated carbocycles. The van der Waals surface area contributed by atoms with Gasteiger partial charge in [0.2, 0.25) is 5.89 Å². The number of hydrogen-bond acceptors (Lipinski definition) is 6. The van der Waals surface area contributed by atoms with Crippen LogP contribution in [-0.4, -0.2) is 61.8 Å². The van der Waals surface area contributed by atoms with Gasteiger partial charge in [0, 0.05) is 38.0 Å².